The number of carbonyl (C=O) groups is 1. The first-order valence-corrected chi connectivity index (χ1v) is 10.9. The maximum absolute atomic E-state index is 13.4. The van der Waals surface area contributed by atoms with Crippen molar-refractivity contribution in [2.24, 2.45) is 0 Å². The highest BCUT2D eigenvalue weighted by atomic mass is 79.9. The number of nitriles is 1. The summed E-state index contributed by atoms with van der Waals surface area (Å²) in [6.07, 6.45) is 1.48. The van der Waals surface area contributed by atoms with Crippen molar-refractivity contribution in [3.63, 3.8) is 0 Å². The fourth-order valence-corrected chi connectivity index (χ4v) is 3.73. The van der Waals surface area contributed by atoms with Gasteiger partial charge in [-0.2, -0.15) is 5.26 Å². The molecule has 7 heteroatoms. The van der Waals surface area contributed by atoms with Crippen LogP contribution in [0.3, 0.4) is 0 Å². The van der Waals surface area contributed by atoms with Crippen LogP contribution in [-0.4, -0.2) is 13.0 Å². The maximum Gasteiger partial charge on any atom is 0.262 e. The number of benzene rings is 3. The zero-order valence-electron chi connectivity index (χ0n) is 18.1. The predicted octanol–water partition coefficient (Wildman–Crippen LogP) is 5.96. The van der Waals surface area contributed by atoms with Crippen LogP contribution in [0, 0.1) is 17.1 Å². The third kappa shape index (κ3) is 6.43. The van der Waals surface area contributed by atoms with Crippen LogP contribution < -0.4 is 14.8 Å². The molecule has 0 radical (unpaired) electrons. The average molecular weight is 509 g/mol. The monoisotopic (exact) mass is 508 g/mol. The Bertz CT molecular complexity index is 1210. The Labute approximate surface area is 200 Å². The number of halogens is 2. The number of methoxy groups -OCH3 is 1. The lowest BCUT2D eigenvalue weighted by molar-refractivity contribution is -0.117. The Morgan fingerprint density at radius 2 is 1.94 bits per heavy atom. The zero-order chi connectivity index (χ0) is 23.8. The van der Waals surface area contributed by atoms with E-state index in [0.29, 0.717) is 27.1 Å². The van der Waals surface area contributed by atoms with Crippen molar-refractivity contribution in [3.05, 3.63) is 99.3 Å². The smallest absolute Gasteiger partial charge is 0.262 e. The van der Waals surface area contributed by atoms with Crippen molar-refractivity contribution in [2.45, 2.75) is 19.6 Å². The van der Waals surface area contributed by atoms with E-state index in [1.807, 2.05) is 43.3 Å². The minimum Gasteiger partial charge on any atom is -0.493 e. The van der Waals surface area contributed by atoms with Gasteiger partial charge >= 0.3 is 0 Å². The van der Waals surface area contributed by atoms with Gasteiger partial charge in [-0.25, -0.2) is 4.39 Å². The number of ether oxygens (including phenoxy) is 2. The normalized spacial score (nSPS) is 11.9. The highest BCUT2D eigenvalue weighted by molar-refractivity contribution is 9.10. The van der Waals surface area contributed by atoms with Gasteiger partial charge in [-0.15, -0.1) is 0 Å². The zero-order valence-corrected chi connectivity index (χ0v) is 19.7. The van der Waals surface area contributed by atoms with Crippen LogP contribution in [0.15, 0.2) is 76.8 Å². The average Bonchev–Trinajstić information content (AvgIpc) is 2.82. The SMILES string of the molecule is COc1cc(/C=C(/C#N)C(=O)N[C@H](C)c2ccccc2)cc(Br)c1OCc1cccc(F)c1. The molecule has 1 atom stereocenters. The molecule has 1 N–H and O–H groups in total. The molecule has 168 valence electrons. The summed E-state index contributed by atoms with van der Waals surface area (Å²) in [5.41, 5.74) is 2.15. The standard InChI is InChI=1S/C26H22BrFN2O3/c1-17(20-8-4-3-5-9-20)30-26(31)21(15-29)11-19-13-23(27)25(24(14-19)32-2)33-16-18-7-6-10-22(28)12-18/h3-14,17H,16H2,1-2H3,(H,30,31)/b21-11-/t17-/m1/s1. The van der Waals surface area contributed by atoms with Crippen molar-refractivity contribution in [1.29, 1.82) is 5.26 Å². The third-order valence-corrected chi connectivity index (χ3v) is 5.44. The first-order chi connectivity index (χ1) is 15.9. The Hall–Kier alpha value is -3.63. The van der Waals surface area contributed by atoms with Crippen molar-refractivity contribution in [3.8, 4) is 17.6 Å². The molecular weight excluding hydrogens is 487 g/mol. The molecule has 0 saturated carbocycles. The number of amides is 1. The van der Waals surface area contributed by atoms with Crippen molar-refractivity contribution in [2.75, 3.05) is 7.11 Å². The number of hydrogen-bond donors (Lipinski definition) is 1. The molecule has 0 aliphatic heterocycles. The summed E-state index contributed by atoms with van der Waals surface area (Å²) >= 11 is 3.45. The molecule has 0 aromatic heterocycles. The van der Waals surface area contributed by atoms with Crippen LogP contribution in [-0.2, 0) is 11.4 Å². The third-order valence-electron chi connectivity index (χ3n) is 4.85. The van der Waals surface area contributed by atoms with E-state index in [9.17, 15) is 14.4 Å². The summed E-state index contributed by atoms with van der Waals surface area (Å²) in [5.74, 6) is 0.0174. The van der Waals surface area contributed by atoms with E-state index in [0.717, 1.165) is 5.56 Å². The van der Waals surface area contributed by atoms with E-state index in [-0.39, 0.29) is 24.0 Å². The molecule has 0 saturated heterocycles. The largest absolute Gasteiger partial charge is 0.493 e. The lowest BCUT2D eigenvalue weighted by Gasteiger charge is -2.15. The van der Waals surface area contributed by atoms with Crippen molar-refractivity contribution in [1.82, 2.24) is 5.32 Å². The fourth-order valence-electron chi connectivity index (χ4n) is 3.16. The van der Waals surface area contributed by atoms with Gasteiger partial charge in [0.05, 0.1) is 17.6 Å². The minimum atomic E-state index is -0.477. The Morgan fingerprint density at radius 1 is 1.18 bits per heavy atom. The second-order valence-electron chi connectivity index (χ2n) is 7.23. The molecule has 0 bridgehead atoms. The molecule has 3 aromatic rings. The number of nitrogens with zero attached hydrogens (tertiary/aromatic N) is 1. The second-order valence-corrected chi connectivity index (χ2v) is 8.08. The van der Waals surface area contributed by atoms with Gasteiger partial charge in [0.1, 0.15) is 24.1 Å². The summed E-state index contributed by atoms with van der Waals surface area (Å²) < 4.78 is 25.2. The van der Waals surface area contributed by atoms with E-state index in [1.54, 1.807) is 24.3 Å². The van der Waals surface area contributed by atoms with Gasteiger partial charge in [0.15, 0.2) is 11.5 Å². The van der Waals surface area contributed by atoms with E-state index in [1.165, 1.54) is 25.3 Å². The molecule has 0 spiro atoms. The number of carbonyl (C=O) groups excluding carboxylic acids is 1. The summed E-state index contributed by atoms with van der Waals surface area (Å²) in [4.78, 5) is 12.7. The van der Waals surface area contributed by atoms with Crippen LogP contribution in [0.1, 0.15) is 29.7 Å². The lowest BCUT2D eigenvalue weighted by atomic mass is 10.1. The molecule has 0 fully saturated rings. The molecule has 0 unspecified atom stereocenters. The summed E-state index contributed by atoms with van der Waals surface area (Å²) in [5, 5.41) is 12.4. The molecule has 1 amide bonds. The summed E-state index contributed by atoms with van der Waals surface area (Å²) in [6.45, 7) is 2.00. The number of nitrogens with one attached hydrogen (secondary N) is 1. The number of rotatable bonds is 8. The Morgan fingerprint density at radius 3 is 2.61 bits per heavy atom. The van der Waals surface area contributed by atoms with Gasteiger partial charge in [0, 0.05) is 0 Å². The molecule has 0 heterocycles. The van der Waals surface area contributed by atoms with Crippen LogP contribution >= 0.6 is 15.9 Å². The van der Waals surface area contributed by atoms with E-state index < -0.39 is 5.91 Å². The first kappa shape index (κ1) is 24.0. The highest BCUT2D eigenvalue weighted by Crippen LogP contribution is 2.37. The second kappa shape index (κ2) is 11.3. The number of hydrogen-bond acceptors (Lipinski definition) is 4. The predicted molar refractivity (Wildman–Crippen MR) is 128 cm³/mol. The quantitative estimate of drug-likeness (QED) is 0.301. The maximum atomic E-state index is 13.4. The van der Waals surface area contributed by atoms with Crippen LogP contribution in [0.25, 0.3) is 6.08 Å². The van der Waals surface area contributed by atoms with E-state index in [2.05, 4.69) is 21.2 Å². The van der Waals surface area contributed by atoms with Gasteiger partial charge in [-0.1, -0.05) is 42.5 Å². The van der Waals surface area contributed by atoms with Crippen molar-refractivity contribution >= 4 is 27.9 Å². The summed E-state index contributed by atoms with van der Waals surface area (Å²) in [6, 6.07) is 20.7. The highest BCUT2D eigenvalue weighted by Gasteiger charge is 2.16. The molecule has 0 aliphatic carbocycles. The molecule has 33 heavy (non-hydrogen) atoms. The fraction of sp³-hybridized carbons (Fsp3) is 0.154. The summed E-state index contributed by atoms with van der Waals surface area (Å²) in [7, 11) is 1.49. The Kier molecular flexibility index (Phi) is 8.22. The van der Waals surface area contributed by atoms with Crippen molar-refractivity contribution < 1.29 is 18.7 Å². The van der Waals surface area contributed by atoms with Gasteiger partial charge in [-0.05, 0) is 69.9 Å². The van der Waals surface area contributed by atoms with Crippen LogP contribution in [0.2, 0.25) is 0 Å². The van der Waals surface area contributed by atoms with Gasteiger partial charge in [0.25, 0.3) is 5.91 Å². The molecule has 3 aromatic carbocycles. The molecule has 5 nitrogen and oxygen atoms in total. The van der Waals surface area contributed by atoms with Crippen LogP contribution in [0.4, 0.5) is 4.39 Å². The van der Waals surface area contributed by atoms with E-state index >= 15 is 0 Å². The molecule has 0 aliphatic rings. The van der Waals surface area contributed by atoms with Gasteiger partial charge < -0.3 is 14.8 Å². The van der Waals surface area contributed by atoms with E-state index in [4.69, 9.17) is 9.47 Å². The Balaban J connectivity index is 1.79. The molecule has 3 rings (SSSR count). The first-order valence-electron chi connectivity index (χ1n) is 10.1. The molecular formula is C26H22BrFN2O3. The minimum absolute atomic E-state index is 0.0415. The van der Waals surface area contributed by atoms with Gasteiger partial charge in [0.2, 0.25) is 0 Å². The lowest BCUT2D eigenvalue weighted by Crippen LogP contribution is -2.27. The topological polar surface area (TPSA) is 71.3 Å². The van der Waals surface area contributed by atoms with Gasteiger partial charge in [-0.3, -0.25) is 4.79 Å². The van der Waals surface area contributed by atoms with Crippen LogP contribution in [0.5, 0.6) is 11.5 Å².